The topological polar surface area (TPSA) is 88.9 Å². The Kier molecular flexibility index (Phi) is 5.33. The zero-order valence-electron chi connectivity index (χ0n) is 17.2. The molecule has 0 bridgehead atoms. The lowest BCUT2D eigenvalue weighted by Gasteiger charge is -2.22. The third-order valence-corrected chi connectivity index (χ3v) is 5.68. The number of hydrogen-bond donors (Lipinski definition) is 3. The number of hydrogen-bond acceptors (Lipinski definition) is 7. The number of benzene rings is 1. The quantitative estimate of drug-likeness (QED) is 0.581. The summed E-state index contributed by atoms with van der Waals surface area (Å²) in [5.74, 6) is 2.48. The predicted octanol–water partition coefficient (Wildman–Crippen LogP) is 2.95. The van der Waals surface area contributed by atoms with Crippen molar-refractivity contribution in [1.29, 1.82) is 0 Å². The van der Waals surface area contributed by atoms with Crippen LogP contribution in [0.25, 0.3) is 5.69 Å². The molecule has 2 aromatic heterocycles. The third-order valence-electron chi connectivity index (χ3n) is 5.68. The molecule has 3 N–H and O–H groups in total. The van der Waals surface area contributed by atoms with Crippen LogP contribution in [0.15, 0.2) is 36.7 Å². The van der Waals surface area contributed by atoms with Gasteiger partial charge in [-0.3, -0.25) is 0 Å². The molecular formula is C22H27N7O. The molecule has 8 nitrogen and oxygen atoms in total. The van der Waals surface area contributed by atoms with E-state index in [0.29, 0.717) is 5.95 Å². The average molecular weight is 406 g/mol. The molecule has 1 fully saturated rings. The van der Waals surface area contributed by atoms with E-state index in [2.05, 4.69) is 37.6 Å². The van der Waals surface area contributed by atoms with Crippen molar-refractivity contribution in [2.75, 3.05) is 30.3 Å². The van der Waals surface area contributed by atoms with Crippen LogP contribution in [0.3, 0.4) is 0 Å². The number of fused-ring (bicyclic) bond motifs is 1. The fraction of sp³-hybridized carbons (Fsp3) is 0.409. The number of ether oxygens (including phenoxy) is 1. The van der Waals surface area contributed by atoms with Gasteiger partial charge in [0.1, 0.15) is 11.6 Å². The maximum absolute atomic E-state index is 5.75. The lowest BCUT2D eigenvalue weighted by atomic mass is 10.1. The summed E-state index contributed by atoms with van der Waals surface area (Å²) in [6.45, 7) is 5.36. The van der Waals surface area contributed by atoms with Crippen LogP contribution in [0.1, 0.15) is 29.9 Å². The van der Waals surface area contributed by atoms with E-state index < -0.39 is 0 Å². The summed E-state index contributed by atoms with van der Waals surface area (Å²) in [6.07, 6.45) is 7.18. The molecule has 8 heteroatoms. The van der Waals surface area contributed by atoms with Gasteiger partial charge < -0.3 is 25.3 Å². The molecule has 0 aliphatic carbocycles. The Morgan fingerprint density at radius 3 is 2.90 bits per heavy atom. The van der Waals surface area contributed by atoms with Crippen molar-refractivity contribution in [3.05, 3.63) is 53.7 Å². The van der Waals surface area contributed by atoms with E-state index in [0.717, 1.165) is 79.8 Å². The van der Waals surface area contributed by atoms with Gasteiger partial charge in [0, 0.05) is 62.0 Å². The Morgan fingerprint density at radius 1 is 1.23 bits per heavy atom. The highest BCUT2D eigenvalue weighted by molar-refractivity contribution is 5.59. The molecule has 1 saturated heterocycles. The van der Waals surface area contributed by atoms with Gasteiger partial charge in [-0.25, -0.2) is 9.97 Å². The zero-order valence-corrected chi connectivity index (χ0v) is 17.2. The Hall–Kier alpha value is -2.97. The van der Waals surface area contributed by atoms with Crippen LogP contribution in [0.4, 0.5) is 17.5 Å². The first-order chi connectivity index (χ1) is 14.8. The molecule has 30 heavy (non-hydrogen) atoms. The van der Waals surface area contributed by atoms with Gasteiger partial charge in [-0.15, -0.1) is 0 Å². The van der Waals surface area contributed by atoms with Crippen molar-refractivity contribution in [2.45, 2.75) is 38.8 Å². The summed E-state index contributed by atoms with van der Waals surface area (Å²) in [5, 5.41) is 10.3. The second-order valence-corrected chi connectivity index (χ2v) is 7.78. The van der Waals surface area contributed by atoms with Crippen LogP contribution < -0.4 is 16.0 Å². The highest BCUT2D eigenvalue weighted by atomic mass is 16.5. The number of nitrogens with one attached hydrogen (secondary N) is 3. The summed E-state index contributed by atoms with van der Waals surface area (Å²) in [7, 11) is 0. The molecule has 1 aromatic carbocycles. The van der Waals surface area contributed by atoms with Crippen molar-refractivity contribution in [1.82, 2.24) is 24.8 Å². The van der Waals surface area contributed by atoms with E-state index in [1.165, 1.54) is 0 Å². The third kappa shape index (κ3) is 4.01. The van der Waals surface area contributed by atoms with Crippen LogP contribution in [0, 0.1) is 6.92 Å². The monoisotopic (exact) mass is 405 g/mol. The number of aromatic nitrogens is 4. The van der Waals surface area contributed by atoms with Gasteiger partial charge in [0.25, 0.3) is 0 Å². The molecule has 3 aromatic rings. The molecule has 2 aliphatic rings. The van der Waals surface area contributed by atoms with Crippen LogP contribution >= 0.6 is 0 Å². The average Bonchev–Trinajstić information content (AvgIpc) is 3.44. The lowest BCUT2D eigenvalue weighted by Crippen LogP contribution is -2.28. The van der Waals surface area contributed by atoms with Crippen molar-refractivity contribution in [3.8, 4) is 5.69 Å². The van der Waals surface area contributed by atoms with Gasteiger partial charge in [-0.1, -0.05) is 0 Å². The van der Waals surface area contributed by atoms with Gasteiger partial charge in [0.05, 0.1) is 11.8 Å². The Labute approximate surface area is 176 Å². The molecule has 5 rings (SSSR count). The minimum Gasteiger partial charge on any atom is -0.376 e. The largest absolute Gasteiger partial charge is 0.376 e. The van der Waals surface area contributed by atoms with Gasteiger partial charge in [-0.05, 0) is 44.0 Å². The minimum absolute atomic E-state index is 0.266. The van der Waals surface area contributed by atoms with Gasteiger partial charge in [0.2, 0.25) is 5.95 Å². The van der Waals surface area contributed by atoms with Crippen LogP contribution in [0.2, 0.25) is 0 Å². The Morgan fingerprint density at radius 2 is 2.13 bits per heavy atom. The summed E-state index contributed by atoms with van der Waals surface area (Å²) < 4.78 is 7.81. The van der Waals surface area contributed by atoms with E-state index in [1.807, 2.05) is 31.5 Å². The minimum atomic E-state index is 0.266. The van der Waals surface area contributed by atoms with E-state index in [4.69, 9.17) is 14.7 Å². The lowest BCUT2D eigenvalue weighted by molar-refractivity contribution is 0.120. The molecule has 0 spiro atoms. The second-order valence-electron chi connectivity index (χ2n) is 7.78. The normalized spacial score (nSPS) is 18.2. The van der Waals surface area contributed by atoms with Crippen LogP contribution in [0.5, 0.6) is 0 Å². The molecule has 1 unspecified atom stereocenters. The molecule has 156 valence electrons. The first kappa shape index (κ1) is 19.0. The first-order valence-electron chi connectivity index (χ1n) is 10.6. The van der Waals surface area contributed by atoms with Gasteiger partial charge in [-0.2, -0.15) is 4.98 Å². The summed E-state index contributed by atoms with van der Waals surface area (Å²) >= 11 is 0. The number of anilines is 3. The van der Waals surface area contributed by atoms with E-state index in [-0.39, 0.29) is 6.10 Å². The van der Waals surface area contributed by atoms with Crippen molar-refractivity contribution in [2.24, 2.45) is 0 Å². The molecular weight excluding hydrogens is 378 g/mol. The fourth-order valence-corrected chi connectivity index (χ4v) is 4.05. The van der Waals surface area contributed by atoms with Crippen molar-refractivity contribution >= 4 is 17.5 Å². The number of aryl methyl sites for hydroxylation is 1. The highest BCUT2D eigenvalue weighted by Crippen LogP contribution is 2.25. The molecule has 1 atom stereocenters. The highest BCUT2D eigenvalue weighted by Gasteiger charge is 2.20. The summed E-state index contributed by atoms with van der Waals surface area (Å²) in [5.41, 5.74) is 4.30. The Balaban J connectivity index is 1.35. The molecule has 0 saturated carbocycles. The maximum atomic E-state index is 5.75. The number of imidazole rings is 1. The molecule has 2 aliphatic heterocycles. The van der Waals surface area contributed by atoms with Gasteiger partial charge >= 0.3 is 0 Å². The number of rotatable bonds is 6. The van der Waals surface area contributed by atoms with Gasteiger partial charge in [0.15, 0.2) is 0 Å². The van der Waals surface area contributed by atoms with E-state index in [1.54, 1.807) is 0 Å². The van der Waals surface area contributed by atoms with Crippen molar-refractivity contribution < 1.29 is 4.74 Å². The van der Waals surface area contributed by atoms with E-state index >= 15 is 0 Å². The predicted molar refractivity (Wildman–Crippen MR) is 116 cm³/mol. The summed E-state index contributed by atoms with van der Waals surface area (Å²) in [4.78, 5) is 13.9. The first-order valence-corrected chi connectivity index (χ1v) is 10.6. The fourth-order valence-electron chi connectivity index (χ4n) is 4.05. The molecule has 0 radical (unpaired) electrons. The zero-order chi connectivity index (χ0) is 20.3. The van der Waals surface area contributed by atoms with E-state index in [9.17, 15) is 0 Å². The maximum Gasteiger partial charge on any atom is 0.229 e. The Bertz CT molecular complexity index is 1010. The SMILES string of the molecule is Cc1nccn1-c1ccc(Nc2nc3c(c(NCC4CCCO4)n2)CNCC3)cc1. The van der Waals surface area contributed by atoms with Crippen LogP contribution in [-0.2, 0) is 17.7 Å². The number of nitrogens with zero attached hydrogens (tertiary/aromatic N) is 4. The molecule has 4 heterocycles. The second kappa shape index (κ2) is 8.41. The summed E-state index contributed by atoms with van der Waals surface area (Å²) in [6, 6.07) is 8.21. The standard InChI is InChI=1S/C22H27N7O/c1-15-24-10-11-29(15)17-6-4-16(5-7-17)26-22-27-20-8-9-23-14-19(20)21(28-22)25-13-18-3-2-12-30-18/h4-7,10-11,18,23H,2-3,8-9,12-14H2,1H3,(H2,25,26,27,28). The molecule has 0 amide bonds. The van der Waals surface area contributed by atoms with Crippen molar-refractivity contribution in [3.63, 3.8) is 0 Å². The smallest absolute Gasteiger partial charge is 0.229 e. The van der Waals surface area contributed by atoms with Crippen LogP contribution in [-0.4, -0.2) is 45.3 Å².